The van der Waals surface area contributed by atoms with E-state index in [9.17, 15) is 0 Å². The Morgan fingerprint density at radius 3 is 2.95 bits per heavy atom. The fraction of sp³-hybridized carbons (Fsp3) is 0.438. The zero-order valence-electron chi connectivity index (χ0n) is 11.2. The summed E-state index contributed by atoms with van der Waals surface area (Å²) in [6.45, 7) is 5.13. The van der Waals surface area contributed by atoms with Crippen molar-refractivity contribution in [3.63, 3.8) is 0 Å². The quantitative estimate of drug-likeness (QED) is 0.840. The monoisotopic (exact) mass is 256 g/mol. The number of morpholine rings is 1. The van der Waals surface area contributed by atoms with Crippen LogP contribution in [0.15, 0.2) is 36.5 Å². The summed E-state index contributed by atoms with van der Waals surface area (Å²) in [5.74, 6) is 0. The summed E-state index contributed by atoms with van der Waals surface area (Å²) >= 11 is 0. The zero-order chi connectivity index (χ0) is 12.9. The first-order valence-electron chi connectivity index (χ1n) is 7.05. The number of ether oxygens (including phenoxy) is 1. The van der Waals surface area contributed by atoms with Crippen LogP contribution in [-0.4, -0.2) is 42.7 Å². The van der Waals surface area contributed by atoms with Gasteiger partial charge in [0.05, 0.1) is 18.7 Å². The number of rotatable bonds is 4. The van der Waals surface area contributed by atoms with Gasteiger partial charge in [-0.05, 0) is 43.1 Å². The molecule has 0 amide bonds. The van der Waals surface area contributed by atoms with Gasteiger partial charge in [0.25, 0.3) is 0 Å². The number of aromatic nitrogens is 1. The molecular weight excluding hydrogens is 236 g/mol. The van der Waals surface area contributed by atoms with Crippen LogP contribution in [0.5, 0.6) is 0 Å². The van der Waals surface area contributed by atoms with Gasteiger partial charge >= 0.3 is 0 Å². The van der Waals surface area contributed by atoms with Crippen molar-refractivity contribution in [2.24, 2.45) is 0 Å². The van der Waals surface area contributed by atoms with Crippen molar-refractivity contribution in [1.82, 2.24) is 9.88 Å². The van der Waals surface area contributed by atoms with Gasteiger partial charge in [0.2, 0.25) is 0 Å². The minimum atomic E-state index is 0.891. The third-order valence-corrected chi connectivity index (χ3v) is 3.71. The van der Waals surface area contributed by atoms with E-state index in [1.807, 2.05) is 12.3 Å². The van der Waals surface area contributed by atoms with Crippen LogP contribution in [0.1, 0.15) is 12.0 Å². The molecule has 100 valence electrons. The minimum absolute atomic E-state index is 0.891. The van der Waals surface area contributed by atoms with Crippen molar-refractivity contribution in [2.75, 3.05) is 32.8 Å². The van der Waals surface area contributed by atoms with Crippen LogP contribution in [0.25, 0.3) is 10.9 Å². The number of hydrogen-bond acceptors (Lipinski definition) is 3. The molecule has 1 aromatic carbocycles. The number of fused-ring (bicyclic) bond motifs is 1. The summed E-state index contributed by atoms with van der Waals surface area (Å²) in [7, 11) is 0. The molecular formula is C16H20N2O. The van der Waals surface area contributed by atoms with Gasteiger partial charge in [0.15, 0.2) is 0 Å². The molecule has 3 nitrogen and oxygen atoms in total. The number of aryl methyl sites for hydroxylation is 1. The van der Waals surface area contributed by atoms with Crippen LogP contribution in [0.2, 0.25) is 0 Å². The molecule has 1 fully saturated rings. The Balaban J connectivity index is 1.56. The van der Waals surface area contributed by atoms with Crippen molar-refractivity contribution >= 4 is 10.9 Å². The van der Waals surface area contributed by atoms with Gasteiger partial charge in [-0.25, -0.2) is 0 Å². The van der Waals surface area contributed by atoms with E-state index in [1.54, 1.807) is 0 Å². The maximum Gasteiger partial charge on any atom is 0.0702 e. The Morgan fingerprint density at radius 1 is 1.16 bits per heavy atom. The van der Waals surface area contributed by atoms with Crippen LogP contribution in [0.4, 0.5) is 0 Å². The van der Waals surface area contributed by atoms with E-state index in [2.05, 4.69) is 34.1 Å². The molecule has 0 bridgehead atoms. The second-order valence-corrected chi connectivity index (χ2v) is 5.09. The van der Waals surface area contributed by atoms with Crippen LogP contribution >= 0.6 is 0 Å². The molecule has 2 aromatic rings. The van der Waals surface area contributed by atoms with Gasteiger partial charge in [0, 0.05) is 24.7 Å². The van der Waals surface area contributed by atoms with E-state index in [1.165, 1.54) is 23.9 Å². The summed E-state index contributed by atoms with van der Waals surface area (Å²) in [6.07, 6.45) is 4.20. The van der Waals surface area contributed by atoms with E-state index in [4.69, 9.17) is 4.74 Å². The number of pyridine rings is 1. The molecule has 0 atom stereocenters. The SMILES string of the molecule is c1cnc2ccc(CCCN3CCOCC3)cc2c1. The maximum absolute atomic E-state index is 5.36. The molecule has 1 saturated heterocycles. The largest absolute Gasteiger partial charge is 0.379 e. The van der Waals surface area contributed by atoms with E-state index in [-0.39, 0.29) is 0 Å². The Morgan fingerprint density at radius 2 is 2.05 bits per heavy atom. The fourth-order valence-electron chi connectivity index (χ4n) is 2.61. The number of benzene rings is 1. The highest BCUT2D eigenvalue weighted by Crippen LogP contribution is 2.14. The highest BCUT2D eigenvalue weighted by atomic mass is 16.5. The van der Waals surface area contributed by atoms with Crippen molar-refractivity contribution in [1.29, 1.82) is 0 Å². The van der Waals surface area contributed by atoms with Crippen LogP contribution < -0.4 is 0 Å². The molecule has 0 N–H and O–H groups in total. The summed E-state index contributed by atoms with van der Waals surface area (Å²) in [6, 6.07) is 10.7. The summed E-state index contributed by atoms with van der Waals surface area (Å²) < 4.78 is 5.36. The zero-order valence-corrected chi connectivity index (χ0v) is 11.2. The summed E-state index contributed by atoms with van der Waals surface area (Å²) in [5.41, 5.74) is 2.49. The Bertz CT molecular complexity index is 535. The van der Waals surface area contributed by atoms with Gasteiger partial charge in [-0.3, -0.25) is 9.88 Å². The first-order chi connectivity index (χ1) is 9.42. The van der Waals surface area contributed by atoms with Crippen LogP contribution in [0, 0.1) is 0 Å². The normalized spacial score (nSPS) is 16.8. The van der Waals surface area contributed by atoms with Crippen LogP contribution in [0.3, 0.4) is 0 Å². The molecule has 1 aromatic heterocycles. The third kappa shape index (κ3) is 3.31. The molecule has 0 spiro atoms. The Labute approximate surface area is 114 Å². The minimum Gasteiger partial charge on any atom is -0.379 e. The molecule has 3 rings (SSSR count). The molecule has 19 heavy (non-hydrogen) atoms. The third-order valence-electron chi connectivity index (χ3n) is 3.71. The topological polar surface area (TPSA) is 25.4 Å². The van der Waals surface area contributed by atoms with Gasteiger partial charge in [0.1, 0.15) is 0 Å². The molecule has 0 aliphatic carbocycles. The average Bonchev–Trinajstić information content (AvgIpc) is 2.48. The highest BCUT2D eigenvalue weighted by molar-refractivity contribution is 5.78. The van der Waals surface area contributed by atoms with Gasteiger partial charge in [-0.15, -0.1) is 0 Å². The molecule has 0 radical (unpaired) electrons. The molecule has 1 aliphatic heterocycles. The smallest absolute Gasteiger partial charge is 0.0702 e. The van der Waals surface area contributed by atoms with Crippen molar-refractivity contribution in [3.05, 3.63) is 42.1 Å². The van der Waals surface area contributed by atoms with Crippen LogP contribution in [-0.2, 0) is 11.2 Å². The predicted molar refractivity (Wildman–Crippen MR) is 77.3 cm³/mol. The standard InChI is InChI=1S/C16H20N2O/c1-4-15-13-14(5-6-16(15)17-7-1)3-2-8-18-9-11-19-12-10-18/h1,4-7,13H,2-3,8-12H2. The lowest BCUT2D eigenvalue weighted by Gasteiger charge is -2.26. The van der Waals surface area contributed by atoms with E-state index in [0.717, 1.165) is 38.2 Å². The molecule has 2 heterocycles. The van der Waals surface area contributed by atoms with E-state index >= 15 is 0 Å². The van der Waals surface area contributed by atoms with Gasteiger partial charge in [-0.1, -0.05) is 12.1 Å². The maximum atomic E-state index is 5.36. The number of nitrogens with zero attached hydrogens (tertiary/aromatic N) is 2. The summed E-state index contributed by atoms with van der Waals surface area (Å²) in [4.78, 5) is 6.85. The van der Waals surface area contributed by atoms with E-state index in [0.29, 0.717) is 0 Å². The fourth-order valence-corrected chi connectivity index (χ4v) is 2.61. The Hall–Kier alpha value is -1.45. The lowest BCUT2D eigenvalue weighted by atomic mass is 10.1. The van der Waals surface area contributed by atoms with Gasteiger partial charge in [-0.2, -0.15) is 0 Å². The lowest BCUT2D eigenvalue weighted by Crippen LogP contribution is -2.36. The highest BCUT2D eigenvalue weighted by Gasteiger charge is 2.09. The molecule has 3 heteroatoms. The molecule has 0 unspecified atom stereocenters. The second-order valence-electron chi connectivity index (χ2n) is 5.09. The van der Waals surface area contributed by atoms with Crippen molar-refractivity contribution in [2.45, 2.75) is 12.8 Å². The second kappa shape index (κ2) is 6.13. The van der Waals surface area contributed by atoms with Crippen molar-refractivity contribution < 1.29 is 4.74 Å². The van der Waals surface area contributed by atoms with Gasteiger partial charge < -0.3 is 4.74 Å². The average molecular weight is 256 g/mol. The van der Waals surface area contributed by atoms with Crippen molar-refractivity contribution in [3.8, 4) is 0 Å². The first kappa shape index (κ1) is 12.6. The van der Waals surface area contributed by atoms with E-state index < -0.39 is 0 Å². The number of hydrogen-bond donors (Lipinski definition) is 0. The Kier molecular flexibility index (Phi) is 4.06. The lowest BCUT2D eigenvalue weighted by molar-refractivity contribution is 0.0375. The molecule has 1 aliphatic rings. The molecule has 0 saturated carbocycles. The first-order valence-corrected chi connectivity index (χ1v) is 7.05. The summed E-state index contributed by atoms with van der Waals surface area (Å²) in [5, 5.41) is 1.24. The predicted octanol–water partition coefficient (Wildman–Crippen LogP) is 2.50.